The minimum atomic E-state index is -3.12. The molecule has 0 spiro atoms. The van der Waals surface area contributed by atoms with Gasteiger partial charge in [0.25, 0.3) is 5.91 Å². The van der Waals surface area contributed by atoms with E-state index in [2.05, 4.69) is 4.98 Å². The van der Waals surface area contributed by atoms with Crippen molar-refractivity contribution in [2.45, 2.75) is 26.0 Å². The van der Waals surface area contributed by atoms with E-state index in [1.807, 2.05) is 0 Å². The fourth-order valence-electron chi connectivity index (χ4n) is 2.96. The highest BCUT2D eigenvalue weighted by atomic mass is 32.2. The van der Waals surface area contributed by atoms with Gasteiger partial charge in [-0.1, -0.05) is 0 Å². The van der Waals surface area contributed by atoms with E-state index < -0.39 is 34.4 Å². The highest BCUT2D eigenvalue weighted by Crippen LogP contribution is 2.22. The van der Waals surface area contributed by atoms with Gasteiger partial charge in [-0.05, 0) is 37.6 Å². The maximum absolute atomic E-state index is 12.9. The summed E-state index contributed by atoms with van der Waals surface area (Å²) in [6.07, 6.45) is 0.379. The van der Waals surface area contributed by atoms with Crippen LogP contribution in [0.15, 0.2) is 24.3 Å². The quantitative estimate of drug-likeness (QED) is 0.587. The Hall–Kier alpha value is -2.53. The van der Waals surface area contributed by atoms with Gasteiger partial charge in [0.15, 0.2) is 16.4 Å². The molecule has 11 heteroatoms. The molecular formula is C19H21FN2O6S2. The van der Waals surface area contributed by atoms with E-state index in [1.54, 1.807) is 6.92 Å². The second-order valence-electron chi connectivity index (χ2n) is 6.90. The summed E-state index contributed by atoms with van der Waals surface area (Å²) in [6.45, 7) is 1.26. The standard InChI is InChI=1S/C19H21FN2O6S2/c1-12-18(29-16(21-12)9-27-15-5-3-13(20)4-6-15)19(24)28-10-17(23)22(2)14-7-8-30(25,26)11-14/h3-6,14H,7-11H2,1-2H3/t14-/m1/s1. The number of hydrogen-bond donors (Lipinski definition) is 0. The predicted molar refractivity (Wildman–Crippen MR) is 108 cm³/mol. The fraction of sp³-hybridized carbons (Fsp3) is 0.421. The van der Waals surface area contributed by atoms with Crippen LogP contribution in [0.5, 0.6) is 5.75 Å². The molecule has 0 bridgehead atoms. The van der Waals surface area contributed by atoms with Gasteiger partial charge in [-0.15, -0.1) is 11.3 Å². The van der Waals surface area contributed by atoms with Crippen LogP contribution in [-0.4, -0.2) is 61.4 Å². The zero-order valence-corrected chi connectivity index (χ0v) is 18.1. The van der Waals surface area contributed by atoms with Gasteiger partial charge in [0.2, 0.25) is 0 Å². The Balaban J connectivity index is 1.52. The number of amides is 1. The molecule has 2 heterocycles. The molecule has 8 nitrogen and oxygen atoms in total. The van der Waals surface area contributed by atoms with Crippen LogP contribution in [0.25, 0.3) is 0 Å². The number of carbonyl (C=O) groups is 2. The number of esters is 1. The molecule has 3 rings (SSSR count). The maximum Gasteiger partial charge on any atom is 0.350 e. The Bertz CT molecular complexity index is 1040. The highest BCUT2D eigenvalue weighted by Gasteiger charge is 2.33. The summed E-state index contributed by atoms with van der Waals surface area (Å²) in [5, 5.41) is 0.531. The summed E-state index contributed by atoms with van der Waals surface area (Å²) >= 11 is 1.09. The largest absolute Gasteiger partial charge is 0.486 e. The molecule has 0 saturated carbocycles. The Kier molecular flexibility index (Phi) is 6.71. The maximum atomic E-state index is 12.9. The summed E-state index contributed by atoms with van der Waals surface area (Å²) in [5.74, 6) is -1.07. The van der Waals surface area contributed by atoms with Crippen molar-refractivity contribution < 1.29 is 31.9 Å². The van der Waals surface area contributed by atoms with E-state index in [0.29, 0.717) is 22.9 Å². The van der Waals surface area contributed by atoms with Gasteiger partial charge in [-0.3, -0.25) is 4.79 Å². The lowest BCUT2D eigenvalue weighted by atomic mass is 10.2. The van der Waals surface area contributed by atoms with E-state index >= 15 is 0 Å². The van der Waals surface area contributed by atoms with Crippen molar-refractivity contribution in [2.24, 2.45) is 0 Å². The van der Waals surface area contributed by atoms with Crippen LogP contribution in [0.1, 0.15) is 26.8 Å². The third-order valence-corrected chi connectivity index (χ3v) is 7.54. The number of aryl methyl sites for hydroxylation is 1. The topological polar surface area (TPSA) is 103 Å². The van der Waals surface area contributed by atoms with E-state index in [9.17, 15) is 22.4 Å². The molecule has 0 unspecified atom stereocenters. The molecule has 2 aromatic rings. The Labute approximate surface area is 177 Å². The lowest BCUT2D eigenvalue weighted by molar-refractivity contribution is -0.134. The van der Waals surface area contributed by atoms with Crippen molar-refractivity contribution in [3.8, 4) is 5.75 Å². The third kappa shape index (κ3) is 5.54. The van der Waals surface area contributed by atoms with Crippen molar-refractivity contribution in [1.29, 1.82) is 0 Å². The lowest BCUT2D eigenvalue weighted by Gasteiger charge is -2.23. The minimum absolute atomic E-state index is 0.0535. The first-order valence-corrected chi connectivity index (χ1v) is 11.8. The molecule has 1 aromatic carbocycles. The van der Waals surface area contributed by atoms with Gasteiger partial charge in [0.05, 0.1) is 17.2 Å². The van der Waals surface area contributed by atoms with Crippen LogP contribution < -0.4 is 4.74 Å². The number of rotatable bonds is 7. The molecule has 1 aromatic heterocycles. The van der Waals surface area contributed by atoms with Gasteiger partial charge in [0, 0.05) is 13.1 Å². The number of thiazole rings is 1. The summed E-state index contributed by atoms with van der Waals surface area (Å²) in [7, 11) is -1.61. The number of aromatic nitrogens is 1. The third-order valence-electron chi connectivity index (χ3n) is 4.68. The molecule has 1 aliphatic heterocycles. The molecule has 162 valence electrons. The Morgan fingerprint density at radius 1 is 1.30 bits per heavy atom. The molecule has 30 heavy (non-hydrogen) atoms. The number of likely N-dealkylation sites (N-methyl/N-ethyl adjacent to an activating group) is 1. The molecule has 1 fully saturated rings. The number of hydrogen-bond acceptors (Lipinski definition) is 8. The number of ether oxygens (including phenoxy) is 2. The van der Waals surface area contributed by atoms with Gasteiger partial charge >= 0.3 is 5.97 Å². The second-order valence-corrected chi connectivity index (χ2v) is 10.2. The summed E-state index contributed by atoms with van der Waals surface area (Å²) < 4.78 is 46.7. The molecule has 1 saturated heterocycles. The van der Waals surface area contributed by atoms with Crippen molar-refractivity contribution in [3.05, 3.63) is 45.7 Å². The van der Waals surface area contributed by atoms with Crippen molar-refractivity contribution in [2.75, 3.05) is 25.2 Å². The fourth-order valence-corrected chi connectivity index (χ4v) is 5.60. The molecular weight excluding hydrogens is 435 g/mol. The second kappa shape index (κ2) is 9.09. The number of carbonyl (C=O) groups excluding carboxylic acids is 2. The van der Waals surface area contributed by atoms with Crippen LogP contribution in [0, 0.1) is 12.7 Å². The smallest absolute Gasteiger partial charge is 0.350 e. The average Bonchev–Trinajstić information content (AvgIpc) is 3.26. The summed E-state index contributed by atoms with van der Waals surface area (Å²) in [4.78, 5) is 30.4. The van der Waals surface area contributed by atoms with Crippen LogP contribution in [-0.2, 0) is 26.0 Å². The number of benzene rings is 1. The van der Waals surface area contributed by atoms with E-state index in [1.165, 1.54) is 36.2 Å². The van der Waals surface area contributed by atoms with E-state index in [-0.39, 0.29) is 28.8 Å². The van der Waals surface area contributed by atoms with Crippen molar-refractivity contribution in [3.63, 3.8) is 0 Å². The zero-order valence-electron chi connectivity index (χ0n) is 16.5. The lowest BCUT2D eigenvalue weighted by Crippen LogP contribution is -2.40. The molecule has 1 aliphatic rings. The molecule has 1 atom stereocenters. The zero-order chi connectivity index (χ0) is 21.9. The van der Waals surface area contributed by atoms with Crippen molar-refractivity contribution in [1.82, 2.24) is 9.88 Å². The first-order valence-electron chi connectivity index (χ1n) is 9.12. The number of sulfone groups is 1. The first-order chi connectivity index (χ1) is 14.1. The van der Waals surface area contributed by atoms with Gasteiger partial charge in [-0.25, -0.2) is 22.6 Å². The molecule has 0 N–H and O–H groups in total. The van der Waals surface area contributed by atoms with Crippen molar-refractivity contribution >= 4 is 33.1 Å². The normalized spacial score (nSPS) is 17.5. The predicted octanol–water partition coefficient (Wildman–Crippen LogP) is 1.97. The van der Waals surface area contributed by atoms with Gasteiger partial charge in [0.1, 0.15) is 28.1 Å². The van der Waals surface area contributed by atoms with Crippen LogP contribution in [0.2, 0.25) is 0 Å². The Morgan fingerprint density at radius 3 is 2.63 bits per heavy atom. The molecule has 0 radical (unpaired) electrons. The number of halogens is 1. The summed E-state index contributed by atoms with van der Waals surface area (Å²) in [6, 6.07) is 5.13. The molecule has 1 amide bonds. The molecule has 0 aliphatic carbocycles. The number of nitrogens with zero attached hydrogens (tertiary/aromatic N) is 2. The van der Waals surface area contributed by atoms with Crippen LogP contribution in [0.4, 0.5) is 4.39 Å². The van der Waals surface area contributed by atoms with E-state index in [4.69, 9.17) is 9.47 Å². The van der Waals surface area contributed by atoms with Crippen LogP contribution in [0.3, 0.4) is 0 Å². The van der Waals surface area contributed by atoms with Gasteiger partial charge < -0.3 is 14.4 Å². The minimum Gasteiger partial charge on any atom is -0.486 e. The van der Waals surface area contributed by atoms with Crippen LogP contribution >= 0.6 is 11.3 Å². The average molecular weight is 457 g/mol. The highest BCUT2D eigenvalue weighted by molar-refractivity contribution is 7.91. The first kappa shape index (κ1) is 22.2. The SMILES string of the molecule is Cc1nc(COc2ccc(F)cc2)sc1C(=O)OCC(=O)N(C)[C@@H]1CCS(=O)(=O)C1. The van der Waals surface area contributed by atoms with Gasteiger partial charge in [-0.2, -0.15) is 0 Å². The Morgan fingerprint density at radius 2 is 2.00 bits per heavy atom. The monoisotopic (exact) mass is 456 g/mol. The summed E-state index contributed by atoms with van der Waals surface area (Å²) in [5.41, 5.74) is 0.449. The van der Waals surface area contributed by atoms with E-state index in [0.717, 1.165) is 11.3 Å².